The van der Waals surface area contributed by atoms with Crippen molar-refractivity contribution >= 4 is 11.7 Å². The van der Waals surface area contributed by atoms with Gasteiger partial charge in [0.25, 0.3) is 0 Å². The fourth-order valence-electron chi connectivity index (χ4n) is 2.43. The summed E-state index contributed by atoms with van der Waals surface area (Å²) in [4.78, 5) is 20.5. The molecule has 1 unspecified atom stereocenters. The number of nitrogens with one attached hydrogen (secondary N) is 1. The topological polar surface area (TPSA) is 59.8 Å². The lowest BCUT2D eigenvalue weighted by Gasteiger charge is -2.22. The van der Waals surface area contributed by atoms with Crippen LogP contribution in [0, 0.1) is 12.8 Å². The second-order valence-electron chi connectivity index (χ2n) is 4.98. The van der Waals surface area contributed by atoms with Crippen molar-refractivity contribution in [2.75, 3.05) is 5.32 Å². The highest BCUT2D eigenvalue weighted by Gasteiger charge is 2.24. The lowest BCUT2D eigenvalue weighted by atomic mass is 9.95. The summed E-state index contributed by atoms with van der Waals surface area (Å²) >= 11 is 0. The number of nitrogens with zero attached hydrogens (tertiary/aromatic N) is 3. The Hall–Kier alpha value is -2.17. The Morgan fingerprint density at radius 1 is 1.53 bits per heavy atom. The van der Waals surface area contributed by atoms with Crippen LogP contribution < -0.4 is 5.32 Å². The summed E-state index contributed by atoms with van der Waals surface area (Å²) in [7, 11) is 0. The molecule has 0 saturated heterocycles. The molecule has 0 spiro atoms. The second-order valence-corrected chi connectivity index (χ2v) is 4.98. The van der Waals surface area contributed by atoms with Crippen LogP contribution in [0.1, 0.15) is 17.7 Å². The molecule has 1 N–H and O–H groups in total. The molecule has 1 aliphatic rings. The Morgan fingerprint density at radius 3 is 3.26 bits per heavy atom. The van der Waals surface area contributed by atoms with Crippen LogP contribution in [0.25, 0.3) is 0 Å². The Labute approximate surface area is 111 Å². The molecule has 0 bridgehead atoms. The first-order valence-corrected chi connectivity index (χ1v) is 6.45. The van der Waals surface area contributed by atoms with E-state index >= 15 is 0 Å². The zero-order valence-electron chi connectivity index (χ0n) is 10.8. The van der Waals surface area contributed by atoms with E-state index in [1.54, 1.807) is 6.20 Å². The number of anilines is 1. The molecule has 0 fully saturated rings. The maximum atomic E-state index is 12.2. The van der Waals surface area contributed by atoms with Crippen molar-refractivity contribution < 1.29 is 4.79 Å². The molecule has 0 aromatic carbocycles. The molecule has 0 radical (unpaired) electrons. The van der Waals surface area contributed by atoms with E-state index in [0.717, 1.165) is 30.6 Å². The van der Waals surface area contributed by atoms with E-state index < -0.39 is 0 Å². The molecule has 1 atom stereocenters. The molecule has 0 aliphatic carbocycles. The molecule has 2 aromatic rings. The van der Waals surface area contributed by atoms with Crippen LogP contribution in [0.2, 0.25) is 0 Å². The number of rotatable bonds is 2. The minimum absolute atomic E-state index is 0.00603. The maximum Gasteiger partial charge on any atom is 0.229 e. The summed E-state index contributed by atoms with van der Waals surface area (Å²) in [5.74, 6) is 0.682. The summed E-state index contributed by atoms with van der Waals surface area (Å²) in [5, 5.41) is 2.90. The minimum atomic E-state index is 0.00603. The largest absolute Gasteiger partial charge is 0.335 e. The van der Waals surface area contributed by atoms with Crippen molar-refractivity contribution in [2.24, 2.45) is 5.92 Å². The van der Waals surface area contributed by atoms with Gasteiger partial charge in [-0.3, -0.25) is 4.79 Å². The van der Waals surface area contributed by atoms with Crippen LogP contribution in [0.4, 0.5) is 5.82 Å². The number of aryl methyl sites for hydroxylation is 2. The third kappa shape index (κ3) is 2.50. The maximum absolute atomic E-state index is 12.2. The van der Waals surface area contributed by atoms with Gasteiger partial charge >= 0.3 is 0 Å². The molecule has 98 valence electrons. The fourth-order valence-corrected chi connectivity index (χ4v) is 2.43. The summed E-state index contributed by atoms with van der Waals surface area (Å²) in [5.41, 5.74) is 2.22. The average molecular weight is 256 g/mol. The average Bonchev–Trinajstić information content (AvgIpc) is 2.85. The molecule has 5 nitrogen and oxygen atoms in total. The predicted octanol–water partition coefficient (Wildman–Crippen LogP) is 1.79. The molecule has 3 rings (SSSR count). The van der Waals surface area contributed by atoms with E-state index in [0.29, 0.717) is 5.82 Å². The highest BCUT2D eigenvalue weighted by molar-refractivity contribution is 5.91. The lowest BCUT2D eigenvalue weighted by Crippen LogP contribution is -2.30. The number of carbonyl (C=O) groups excluding carboxylic acids is 1. The van der Waals surface area contributed by atoms with Crippen LogP contribution in [-0.2, 0) is 17.8 Å². The Kier molecular flexibility index (Phi) is 3.03. The number of hydrogen-bond acceptors (Lipinski definition) is 3. The summed E-state index contributed by atoms with van der Waals surface area (Å²) in [6, 6.07) is 3.79. The molecule has 0 saturated carbocycles. The number of fused-ring (bicyclic) bond motifs is 1. The SMILES string of the molecule is Cc1ccnc(NC(=O)C2CCn3cncc3C2)c1. The smallest absolute Gasteiger partial charge is 0.229 e. The van der Waals surface area contributed by atoms with Crippen molar-refractivity contribution in [3.8, 4) is 0 Å². The van der Waals surface area contributed by atoms with Crippen molar-refractivity contribution in [3.05, 3.63) is 42.1 Å². The Bertz CT molecular complexity index is 605. The van der Waals surface area contributed by atoms with Gasteiger partial charge < -0.3 is 9.88 Å². The molecular weight excluding hydrogens is 240 g/mol. The quantitative estimate of drug-likeness (QED) is 0.891. The zero-order chi connectivity index (χ0) is 13.2. The van der Waals surface area contributed by atoms with E-state index in [9.17, 15) is 4.79 Å². The molecule has 2 aromatic heterocycles. The van der Waals surface area contributed by atoms with Gasteiger partial charge in [0.05, 0.1) is 6.33 Å². The summed E-state index contributed by atoms with van der Waals surface area (Å²) < 4.78 is 2.11. The first kappa shape index (κ1) is 11.9. The second kappa shape index (κ2) is 4.84. The van der Waals surface area contributed by atoms with Crippen molar-refractivity contribution in [1.82, 2.24) is 14.5 Å². The number of hydrogen-bond donors (Lipinski definition) is 1. The normalized spacial score (nSPS) is 17.8. The van der Waals surface area contributed by atoms with Crippen molar-refractivity contribution in [3.63, 3.8) is 0 Å². The molecule has 1 amide bonds. The summed E-state index contributed by atoms with van der Waals surface area (Å²) in [6.45, 7) is 2.84. The Morgan fingerprint density at radius 2 is 2.42 bits per heavy atom. The van der Waals surface area contributed by atoms with Gasteiger partial charge in [0.1, 0.15) is 5.82 Å². The van der Waals surface area contributed by atoms with Crippen LogP contribution >= 0.6 is 0 Å². The Balaban J connectivity index is 1.69. The fraction of sp³-hybridized carbons (Fsp3) is 0.357. The first-order chi connectivity index (χ1) is 9.22. The molecule has 19 heavy (non-hydrogen) atoms. The third-order valence-corrected chi connectivity index (χ3v) is 3.51. The predicted molar refractivity (Wildman–Crippen MR) is 71.6 cm³/mol. The number of carbonyl (C=O) groups is 1. The lowest BCUT2D eigenvalue weighted by molar-refractivity contribution is -0.120. The van der Waals surface area contributed by atoms with Gasteiger partial charge in [-0.15, -0.1) is 0 Å². The number of pyridine rings is 1. The minimum Gasteiger partial charge on any atom is -0.335 e. The van der Waals surface area contributed by atoms with Gasteiger partial charge in [-0.1, -0.05) is 0 Å². The molecule has 3 heterocycles. The van der Waals surface area contributed by atoms with E-state index in [1.807, 2.05) is 31.6 Å². The first-order valence-electron chi connectivity index (χ1n) is 6.45. The van der Waals surface area contributed by atoms with E-state index in [-0.39, 0.29) is 11.8 Å². The van der Waals surface area contributed by atoms with E-state index in [1.165, 1.54) is 0 Å². The van der Waals surface area contributed by atoms with E-state index in [2.05, 4.69) is 19.9 Å². The van der Waals surface area contributed by atoms with Crippen molar-refractivity contribution in [2.45, 2.75) is 26.3 Å². The van der Waals surface area contributed by atoms with Crippen LogP contribution in [-0.4, -0.2) is 20.4 Å². The van der Waals surface area contributed by atoms with Crippen LogP contribution in [0.3, 0.4) is 0 Å². The van der Waals surface area contributed by atoms with Gasteiger partial charge in [0, 0.05) is 37.0 Å². The number of aromatic nitrogens is 3. The number of imidazole rings is 1. The van der Waals surface area contributed by atoms with Gasteiger partial charge in [-0.05, 0) is 31.0 Å². The highest BCUT2D eigenvalue weighted by Crippen LogP contribution is 2.21. The standard InChI is InChI=1S/C14H16N4O/c1-10-2-4-16-13(6-10)17-14(19)11-3-5-18-9-15-8-12(18)7-11/h2,4,6,8-9,11H,3,5,7H2,1H3,(H,16,17,19). The molecular formula is C14H16N4O. The van der Waals surface area contributed by atoms with Gasteiger partial charge in [0.15, 0.2) is 0 Å². The van der Waals surface area contributed by atoms with Crippen LogP contribution in [0.15, 0.2) is 30.9 Å². The molecule has 5 heteroatoms. The highest BCUT2D eigenvalue weighted by atomic mass is 16.1. The third-order valence-electron chi connectivity index (χ3n) is 3.51. The van der Waals surface area contributed by atoms with E-state index in [4.69, 9.17) is 0 Å². The monoisotopic (exact) mass is 256 g/mol. The van der Waals surface area contributed by atoms with Gasteiger partial charge in [-0.2, -0.15) is 0 Å². The van der Waals surface area contributed by atoms with Crippen molar-refractivity contribution in [1.29, 1.82) is 0 Å². The number of amides is 1. The summed E-state index contributed by atoms with van der Waals surface area (Å²) in [6.07, 6.45) is 6.97. The van der Waals surface area contributed by atoms with Gasteiger partial charge in [-0.25, -0.2) is 9.97 Å². The van der Waals surface area contributed by atoms with Gasteiger partial charge in [0.2, 0.25) is 5.91 Å². The van der Waals surface area contributed by atoms with Crippen LogP contribution in [0.5, 0.6) is 0 Å². The zero-order valence-corrected chi connectivity index (χ0v) is 10.8. The molecule has 1 aliphatic heterocycles.